The summed E-state index contributed by atoms with van der Waals surface area (Å²) in [5.74, 6) is -0.0774. The minimum Gasteiger partial charge on any atom is -0.449 e. The van der Waals surface area contributed by atoms with Gasteiger partial charge in [-0.3, -0.25) is 4.98 Å². The number of esters is 1. The zero-order chi connectivity index (χ0) is 21.6. The van der Waals surface area contributed by atoms with Crippen molar-refractivity contribution in [3.05, 3.63) is 54.2 Å². The van der Waals surface area contributed by atoms with Crippen molar-refractivity contribution < 1.29 is 22.5 Å². The van der Waals surface area contributed by atoms with E-state index in [1.807, 2.05) is 4.90 Å². The number of amidine groups is 1. The van der Waals surface area contributed by atoms with Gasteiger partial charge < -0.3 is 14.2 Å². The molecule has 2 aliphatic rings. The Balaban J connectivity index is 1.32. The Bertz CT molecular complexity index is 1310. The van der Waals surface area contributed by atoms with E-state index in [2.05, 4.69) is 19.5 Å². The topological polar surface area (TPSA) is 128 Å². The number of carbonyl (C=O) groups excluding carboxylic acids is 1. The highest BCUT2D eigenvalue weighted by molar-refractivity contribution is 8.15. The third-order valence-corrected chi connectivity index (χ3v) is 7.01. The number of hydrogen-bond acceptors (Lipinski definition) is 10. The predicted octanol–water partition coefficient (Wildman–Crippen LogP) is 2.66. The van der Waals surface area contributed by atoms with Crippen LogP contribution < -0.4 is 4.90 Å². The Morgan fingerprint density at radius 3 is 3.00 bits per heavy atom. The summed E-state index contributed by atoms with van der Waals surface area (Å²) < 4.78 is 38.0. The number of anilines is 1. The number of fused-ring (bicyclic) bond motifs is 3. The summed E-state index contributed by atoms with van der Waals surface area (Å²) in [5.41, 5.74) is 1.84. The molecule has 2 aromatic heterocycles. The molecule has 3 aromatic rings. The Kier molecular flexibility index (Phi) is 4.74. The highest BCUT2D eigenvalue weighted by atomic mass is 32.2. The SMILES string of the molecule is CC(OC(=O)c1ccc2c(c1)SC1=NS(=O)(=O)CCN12)c1nc(-c2cccnc2)no1. The fourth-order valence-corrected chi connectivity index (χ4v) is 5.45. The lowest BCUT2D eigenvalue weighted by molar-refractivity contribution is 0.0265. The quantitative estimate of drug-likeness (QED) is 0.539. The van der Waals surface area contributed by atoms with Gasteiger partial charge in [0.2, 0.25) is 5.82 Å². The number of ether oxygens (including phenoxy) is 1. The van der Waals surface area contributed by atoms with Gasteiger partial charge in [-0.1, -0.05) is 5.16 Å². The van der Waals surface area contributed by atoms with Gasteiger partial charge in [0.15, 0.2) is 11.3 Å². The molecule has 0 amide bonds. The van der Waals surface area contributed by atoms with Gasteiger partial charge in [0.05, 0.1) is 17.0 Å². The molecule has 0 bridgehead atoms. The molecule has 1 aromatic carbocycles. The summed E-state index contributed by atoms with van der Waals surface area (Å²) in [6, 6.07) is 8.61. The van der Waals surface area contributed by atoms with Crippen molar-refractivity contribution in [3.8, 4) is 11.4 Å². The number of thioether (sulfide) groups is 1. The molecular formula is C19H15N5O5S2. The molecule has 0 spiro atoms. The van der Waals surface area contributed by atoms with Crippen molar-refractivity contribution in [2.24, 2.45) is 4.40 Å². The second kappa shape index (κ2) is 7.46. The number of carbonyl (C=O) groups is 1. The Hall–Kier alpha value is -3.25. The van der Waals surface area contributed by atoms with Crippen molar-refractivity contribution in [3.63, 3.8) is 0 Å². The molecule has 10 nitrogen and oxygen atoms in total. The molecular weight excluding hydrogens is 442 g/mol. The molecule has 31 heavy (non-hydrogen) atoms. The van der Waals surface area contributed by atoms with Crippen molar-refractivity contribution in [2.75, 3.05) is 17.2 Å². The van der Waals surface area contributed by atoms with E-state index in [0.29, 0.717) is 28.7 Å². The molecule has 158 valence electrons. The summed E-state index contributed by atoms with van der Waals surface area (Å²) in [4.78, 5) is 23.5. The molecule has 4 heterocycles. The lowest BCUT2D eigenvalue weighted by atomic mass is 10.2. The van der Waals surface area contributed by atoms with Crippen LogP contribution in [0, 0.1) is 0 Å². The number of rotatable bonds is 4. The lowest BCUT2D eigenvalue weighted by Crippen LogP contribution is -2.35. The van der Waals surface area contributed by atoms with Crippen molar-refractivity contribution in [1.82, 2.24) is 15.1 Å². The summed E-state index contributed by atoms with van der Waals surface area (Å²) in [6.45, 7) is 1.97. The van der Waals surface area contributed by atoms with Crippen LogP contribution in [0.15, 0.2) is 56.5 Å². The van der Waals surface area contributed by atoms with Gasteiger partial charge in [-0.2, -0.15) is 4.98 Å². The van der Waals surface area contributed by atoms with Gasteiger partial charge in [-0.25, -0.2) is 13.2 Å². The number of nitrogens with zero attached hydrogens (tertiary/aromatic N) is 5. The maximum atomic E-state index is 12.7. The van der Waals surface area contributed by atoms with Gasteiger partial charge in [0, 0.05) is 29.4 Å². The third-order valence-electron chi connectivity index (χ3n) is 4.70. The molecule has 0 saturated heterocycles. The fourth-order valence-electron chi connectivity index (χ4n) is 3.15. The van der Waals surface area contributed by atoms with Crippen LogP contribution in [0.2, 0.25) is 0 Å². The minimum absolute atomic E-state index is 0.0387. The third kappa shape index (κ3) is 3.79. The normalized spacial score (nSPS) is 17.5. The van der Waals surface area contributed by atoms with E-state index in [1.54, 1.807) is 49.6 Å². The Morgan fingerprint density at radius 2 is 2.19 bits per heavy atom. The van der Waals surface area contributed by atoms with Crippen LogP contribution in [0.1, 0.15) is 29.3 Å². The van der Waals surface area contributed by atoms with E-state index in [9.17, 15) is 13.2 Å². The molecule has 5 rings (SSSR count). The van der Waals surface area contributed by atoms with E-state index >= 15 is 0 Å². The van der Waals surface area contributed by atoms with Crippen LogP contribution >= 0.6 is 11.8 Å². The molecule has 12 heteroatoms. The zero-order valence-electron chi connectivity index (χ0n) is 16.1. The first-order valence-electron chi connectivity index (χ1n) is 9.27. The van der Waals surface area contributed by atoms with Crippen LogP contribution in [0.4, 0.5) is 5.69 Å². The highest BCUT2D eigenvalue weighted by Gasteiger charge is 2.33. The standard InChI is InChI=1S/C19H15N5O5S2/c1-11(17-21-16(22-29-17)13-3-2-6-20-10-13)28-18(25)12-4-5-14-15(9-12)30-19-23-31(26,27)8-7-24(14)19/h2-6,9-11H,7-8H2,1H3. The molecule has 2 aliphatic heterocycles. The fraction of sp³-hybridized carbons (Fsp3) is 0.211. The summed E-state index contributed by atoms with van der Waals surface area (Å²) >= 11 is 1.21. The summed E-state index contributed by atoms with van der Waals surface area (Å²) in [5, 5.41) is 4.30. The number of hydrogen-bond donors (Lipinski definition) is 0. The van der Waals surface area contributed by atoms with Crippen molar-refractivity contribution in [1.29, 1.82) is 0 Å². The lowest BCUT2D eigenvalue weighted by Gasteiger charge is -2.22. The smallest absolute Gasteiger partial charge is 0.338 e. The zero-order valence-corrected chi connectivity index (χ0v) is 17.8. The molecule has 0 aliphatic carbocycles. The average molecular weight is 457 g/mol. The Labute approximate surface area is 181 Å². The monoisotopic (exact) mass is 457 g/mol. The van der Waals surface area contributed by atoms with E-state index in [-0.39, 0.29) is 11.6 Å². The van der Waals surface area contributed by atoms with Gasteiger partial charge >= 0.3 is 5.97 Å². The number of benzene rings is 1. The molecule has 1 atom stereocenters. The highest BCUT2D eigenvalue weighted by Crippen LogP contribution is 2.42. The second-order valence-electron chi connectivity index (χ2n) is 6.84. The van der Waals surface area contributed by atoms with Crippen LogP contribution in [0.3, 0.4) is 0 Å². The van der Waals surface area contributed by atoms with E-state index in [4.69, 9.17) is 9.26 Å². The number of pyridine rings is 1. The second-order valence-corrected chi connectivity index (χ2v) is 9.61. The first kappa shape index (κ1) is 19.7. The number of aromatic nitrogens is 3. The largest absolute Gasteiger partial charge is 0.449 e. The maximum Gasteiger partial charge on any atom is 0.338 e. The minimum atomic E-state index is -3.44. The maximum absolute atomic E-state index is 12.7. The predicted molar refractivity (Wildman–Crippen MR) is 112 cm³/mol. The van der Waals surface area contributed by atoms with Crippen LogP contribution in [0.25, 0.3) is 11.4 Å². The van der Waals surface area contributed by atoms with Crippen LogP contribution in [-0.2, 0) is 14.8 Å². The van der Waals surface area contributed by atoms with Gasteiger partial charge in [0.1, 0.15) is 0 Å². The molecule has 1 unspecified atom stereocenters. The van der Waals surface area contributed by atoms with Crippen molar-refractivity contribution in [2.45, 2.75) is 17.9 Å². The average Bonchev–Trinajstić information content (AvgIpc) is 3.37. The van der Waals surface area contributed by atoms with Gasteiger partial charge in [-0.15, -0.1) is 4.40 Å². The molecule has 0 saturated carbocycles. The van der Waals surface area contributed by atoms with Gasteiger partial charge in [-0.05, 0) is 49.0 Å². The van der Waals surface area contributed by atoms with E-state index in [0.717, 1.165) is 10.6 Å². The van der Waals surface area contributed by atoms with Crippen LogP contribution in [0.5, 0.6) is 0 Å². The van der Waals surface area contributed by atoms with Crippen LogP contribution in [-0.4, -0.2) is 47.0 Å². The Morgan fingerprint density at radius 1 is 1.32 bits per heavy atom. The first-order chi connectivity index (χ1) is 14.9. The summed E-state index contributed by atoms with van der Waals surface area (Å²) in [7, 11) is -3.44. The van der Waals surface area contributed by atoms with Gasteiger partial charge in [0.25, 0.3) is 15.9 Å². The van der Waals surface area contributed by atoms with E-state index in [1.165, 1.54) is 11.8 Å². The summed E-state index contributed by atoms with van der Waals surface area (Å²) in [6.07, 6.45) is 2.49. The van der Waals surface area contributed by atoms with E-state index < -0.39 is 22.1 Å². The first-order valence-corrected chi connectivity index (χ1v) is 11.7. The molecule has 0 fully saturated rings. The van der Waals surface area contributed by atoms with Crippen molar-refractivity contribution >= 4 is 38.6 Å². The number of sulfonamides is 1. The molecule has 0 N–H and O–H groups in total. The molecule has 0 radical (unpaired) electrons.